The molecule has 0 unspecified atom stereocenters. The zero-order valence-electron chi connectivity index (χ0n) is 5.80. The van der Waals surface area contributed by atoms with E-state index in [1.165, 1.54) is 18.2 Å². The summed E-state index contributed by atoms with van der Waals surface area (Å²) in [6.07, 6.45) is 0. The van der Waals surface area contributed by atoms with Crippen LogP contribution in [0.25, 0.3) is 0 Å². The van der Waals surface area contributed by atoms with Gasteiger partial charge >= 0.3 is 0 Å². The van der Waals surface area contributed by atoms with Crippen LogP contribution in [-0.2, 0) is 0 Å². The minimum Gasteiger partial charge on any atom is -0.233 e. The van der Waals surface area contributed by atoms with Crippen molar-refractivity contribution < 1.29 is 4.39 Å². The Hall–Kier alpha value is -0.380. The molecular weight excluding hydrogens is 220 g/mol. The van der Waals surface area contributed by atoms with Crippen LogP contribution in [0.3, 0.4) is 0 Å². The minimum absolute atomic E-state index is 0.0396. The fraction of sp³-hybridized carbons (Fsp3) is 0. The highest BCUT2D eigenvalue weighted by Crippen LogP contribution is 2.19. The summed E-state index contributed by atoms with van der Waals surface area (Å²) in [5, 5.41) is 0. The van der Waals surface area contributed by atoms with Crippen LogP contribution in [0.1, 0.15) is 0 Å². The topological polar surface area (TPSA) is 3.24 Å². The van der Waals surface area contributed by atoms with E-state index in [1.54, 1.807) is 6.07 Å². The lowest BCUT2D eigenvalue weighted by Gasteiger charge is -2.11. The fourth-order valence-corrected chi connectivity index (χ4v) is 1.01. The molecule has 0 saturated heterocycles. The van der Waals surface area contributed by atoms with Gasteiger partial charge in [-0.3, -0.25) is 0 Å². The first-order chi connectivity index (χ1) is 5.61. The second kappa shape index (κ2) is 4.03. The van der Waals surface area contributed by atoms with Gasteiger partial charge in [0.05, 0.1) is 5.69 Å². The van der Waals surface area contributed by atoms with Gasteiger partial charge < -0.3 is 0 Å². The van der Waals surface area contributed by atoms with Crippen LogP contribution in [0.15, 0.2) is 24.3 Å². The summed E-state index contributed by atoms with van der Waals surface area (Å²) in [4.78, 5) is 0. The highest BCUT2D eigenvalue weighted by Gasteiger charge is 2.06. The van der Waals surface area contributed by atoms with Gasteiger partial charge in [-0.1, -0.05) is 17.7 Å². The maximum atomic E-state index is 12.6. The first-order valence-electron chi connectivity index (χ1n) is 3.02. The largest absolute Gasteiger partial charge is 0.233 e. The van der Waals surface area contributed by atoms with Crippen LogP contribution in [0.4, 0.5) is 10.1 Å². The zero-order chi connectivity index (χ0) is 9.14. The molecule has 5 heteroatoms. The van der Waals surface area contributed by atoms with Crippen LogP contribution in [0.2, 0.25) is 0 Å². The molecule has 0 spiro atoms. The molecule has 64 valence electrons. The number of thiocarbonyl (C=S) groups is 1. The third-order valence-corrected chi connectivity index (χ3v) is 2.09. The Labute approximate surface area is 84.8 Å². The third-order valence-electron chi connectivity index (χ3n) is 1.19. The normalized spacial score (nSPS) is 9.58. The number of anilines is 1. The lowest BCUT2D eigenvalue weighted by atomic mass is 10.3. The molecule has 0 heterocycles. The average Bonchev–Trinajstić information content (AvgIpc) is 2.03. The molecule has 0 saturated carbocycles. The Morgan fingerprint density at radius 1 is 1.50 bits per heavy atom. The van der Waals surface area contributed by atoms with Gasteiger partial charge in [-0.2, -0.15) is 0 Å². The van der Waals surface area contributed by atoms with E-state index >= 15 is 0 Å². The van der Waals surface area contributed by atoms with Crippen molar-refractivity contribution >= 4 is 45.7 Å². The van der Waals surface area contributed by atoms with E-state index in [4.69, 9.17) is 23.4 Å². The summed E-state index contributed by atoms with van der Waals surface area (Å²) in [5.74, 6) is -0.383. The highest BCUT2D eigenvalue weighted by atomic mass is 35.5. The molecule has 12 heavy (non-hydrogen) atoms. The lowest BCUT2D eigenvalue weighted by molar-refractivity contribution is 0.628. The van der Waals surface area contributed by atoms with Gasteiger partial charge in [0.15, 0.2) is 4.45 Å². The molecule has 0 aromatic heterocycles. The minimum atomic E-state index is -0.383. The summed E-state index contributed by atoms with van der Waals surface area (Å²) < 4.78 is 13.6. The second-order valence-electron chi connectivity index (χ2n) is 2.01. The van der Waals surface area contributed by atoms with Crippen LogP contribution in [0, 0.1) is 5.82 Å². The fourth-order valence-electron chi connectivity index (χ4n) is 0.700. The predicted octanol–water partition coefficient (Wildman–Crippen LogP) is 3.31. The number of hydrogen-bond acceptors (Lipinski definition) is 1. The summed E-state index contributed by atoms with van der Waals surface area (Å²) in [6.45, 7) is 0. The number of halogens is 3. The maximum absolute atomic E-state index is 12.6. The molecule has 0 atom stereocenters. The molecule has 0 aliphatic carbocycles. The van der Waals surface area contributed by atoms with Crippen LogP contribution < -0.4 is 4.42 Å². The van der Waals surface area contributed by atoms with Crippen LogP contribution >= 0.6 is 35.6 Å². The van der Waals surface area contributed by atoms with E-state index in [0.717, 1.165) is 4.42 Å². The maximum Gasteiger partial charge on any atom is 0.189 e. The van der Waals surface area contributed by atoms with Crippen LogP contribution in [0.5, 0.6) is 0 Å². The summed E-state index contributed by atoms with van der Waals surface area (Å²) in [5.41, 5.74) is 0.414. The van der Waals surface area contributed by atoms with E-state index in [-0.39, 0.29) is 10.3 Å². The van der Waals surface area contributed by atoms with Gasteiger partial charge in [-0.15, -0.1) is 0 Å². The molecule has 1 aromatic carbocycles. The first kappa shape index (κ1) is 9.71. The van der Waals surface area contributed by atoms with Gasteiger partial charge in [0.25, 0.3) is 0 Å². The van der Waals surface area contributed by atoms with Gasteiger partial charge in [0.1, 0.15) is 5.82 Å². The van der Waals surface area contributed by atoms with Crippen molar-refractivity contribution in [3.63, 3.8) is 0 Å². The quantitative estimate of drug-likeness (QED) is 0.311. The van der Waals surface area contributed by atoms with Crippen molar-refractivity contribution in [3.8, 4) is 0 Å². The monoisotopic (exact) mass is 223 g/mol. The van der Waals surface area contributed by atoms with Crippen molar-refractivity contribution in [1.29, 1.82) is 0 Å². The number of benzene rings is 1. The third kappa shape index (κ3) is 2.30. The van der Waals surface area contributed by atoms with Gasteiger partial charge in [0, 0.05) is 11.8 Å². The summed E-state index contributed by atoms with van der Waals surface area (Å²) in [6, 6.07) is 5.67. The predicted molar refractivity (Wildman–Crippen MR) is 53.2 cm³/mol. The Bertz CT molecular complexity index is 305. The molecule has 1 nitrogen and oxygen atoms in total. The number of rotatable bonds is 1. The smallest absolute Gasteiger partial charge is 0.189 e. The number of nitrogens with zero attached hydrogens (tertiary/aromatic N) is 1. The average molecular weight is 224 g/mol. The molecule has 0 bridgehead atoms. The van der Waals surface area contributed by atoms with Gasteiger partial charge in [-0.05, 0) is 30.4 Å². The zero-order valence-corrected chi connectivity index (χ0v) is 8.13. The van der Waals surface area contributed by atoms with Gasteiger partial charge in [-0.25, -0.2) is 8.81 Å². The Balaban J connectivity index is 2.95. The van der Waals surface area contributed by atoms with Crippen molar-refractivity contribution in [2.24, 2.45) is 0 Å². The Kier molecular flexibility index (Phi) is 3.26. The second-order valence-corrected chi connectivity index (χ2v) is 3.32. The number of hydrogen-bond donors (Lipinski definition) is 0. The Morgan fingerprint density at radius 3 is 2.67 bits per heavy atom. The van der Waals surface area contributed by atoms with E-state index in [0.29, 0.717) is 5.69 Å². The molecular formula is C7H4Cl2FNS. The molecule has 0 amide bonds. The summed E-state index contributed by atoms with van der Waals surface area (Å²) >= 11 is 15.6. The van der Waals surface area contributed by atoms with E-state index in [9.17, 15) is 4.39 Å². The van der Waals surface area contributed by atoms with Crippen molar-refractivity contribution in [1.82, 2.24) is 0 Å². The van der Waals surface area contributed by atoms with E-state index in [1.807, 2.05) is 0 Å². The highest BCUT2D eigenvalue weighted by molar-refractivity contribution is 7.83. The molecule has 0 aliphatic heterocycles. The van der Waals surface area contributed by atoms with Crippen molar-refractivity contribution in [3.05, 3.63) is 30.1 Å². The lowest BCUT2D eigenvalue weighted by Crippen LogP contribution is -2.12. The first-order valence-corrected chi connectivity index (χ1v) is 4.14. The molecule has 0 fully saturated rings. The van der Waals surface area contributed by atoms with Crippen molar-refractivity contribution in [2.75, 3.05) is 4.42 Å². The van der Waals surface area contributed by atoms with E-state index in [2.05, 4.69) is 12.2 Å². The molecule has 1 rings (SSSR count). The van der Waals surface area contributed by atoms with Crippen LogP contribution in [-0.4, -0.2) is 4.45 Å². The molecule has 1 aromatic rings. The Morgan fingerprint density at radius 2 is 2.17 bits per heavy atom. The standard InChI is InChI=1S/C7H4Cl2FNS/c8-7(12)11(9)6-3-1-2-5(10)4-6/h1-4H. The SMILES string of the molecule is Fc1cccc(N(Cl)C(=S)Cl)c1. The van der Waals surface area contributed by atoms with Gasteiger partial charge in [0.2, 0.25) is 0 Å². The molecule has 0 N–H and O–H groups in total. The molecule has 0 aliphatic rings. The molecule has 0 radical (unpaired) electrons. The van der Waals surface area contributed by atoms with Crippen molar-refractivity contribution in [2.45, 2.75) is 0 Å². The van der Waals surface area contributed by atoms with E-state index < -0.39 is 0 Å². The summed E-state index contributed by atoms with van der Waals surface area (Å²) in [7, 11) is 0.